The summed E-state index contributed by atoms with van der Waals surface area (Å²) in [5, 5.41) is 8.98. The van der Waals surface area contributed by atoms with Crippen molar-refractivity contribution in [3.8, 4) is 5.75 Å². The molecule has 0 spiro atoms. The number of phenolic OH excluding ortho intramolecular Hbond substituents is 1. The summed E-state index contributed by atoms with van der Waals surface area (Å²) in [5.41, 5.74) is -0.232. The first-order valence-electron chi connectivity index (χ1n) is 5.26. The monoisotopic (exact) mass is 303 g/mol. The molecule has 0 bridgehead atoms. The van der Waals surface area contributed by atoms with Crippen LogP contribution in [0.3, 0.4) is 0 Å². The van der Waals surface area contributed by atoms with Gasteiger partial charge in [0.15, 0.2) is 11.6 Å². The van der Waals surface area contributed by atoms with Gasteiger partial charge in [-0.2, -0.15) is 0 Å². The summed E-state index contributed by atoms with van der Waals surface area (Å²) in [6, 6.07) is 4.66. The highest BCUT2D eigenvalue weighted by Crippen LogP contribution is 2.23. The Bertz CT molecular complexity index is 763. The summed E-state index contributed by atoms with van der Waals surface area (Å²) in [4.78, 5) is -0.897. The Morgan fingerprint density at radius 3 is 2.30 bits per heavy atom. The van der Waals surface area contributed by atoms with Crippen LogP contribution in [0, 0.1) is 17.5 Å². The highest BCUT2D eigenvalue weighted by atomic mass is 32.2. The van der Waals surface area contributed by atoms with Gasteiger partial charge in [0, 0.05) is 6.07 Å². The lowest BCUT2D eigenvalue weighted by Gasteiger charge is -2.09. The Kier molecular flexibility index (Phi) is 3.58. The molecule has 0 saturated heterocycles. The van der Waals surface area contributed by atoms with E-state index in [0.717, 1.165) is 18.2 Å². The van der Waals surface area contributed by atoms with Gasteiger partial charge in [0.25, 0.3) is 10.0 Å². The van der Waals surface area contributed by atoms with Gasteiger partial charge < -0.3 is 5.11 Å². The van der Waals surface area contributed by atoms with Crippen LogP contribution in [0.2, 0.25) is 0 Å². The van der Waals surface area contributed by atoms with Crippen molar-refractivity contribution >= 4 is 15.7 Å². The second kappa shape index (κ2) is 5.04. The molecule has 0 fully saturated rings. The Morgan fingerprint density at radius 2 is 1.65 bits per heavy atom. The molecular weight excluding hydrogens is 295 g/mol. The van der Waals surface area contributed by atoms with Crippen LogP contribution in [0.15, 0.2) is 41.3 Å². The number of benzene rings is 2. The molecule has 0 atom stereocenters. The maximum Gasteiger partial charge on any atom is 0.264 e. The number of hydrogen-bond donors (Lipinski definition) is 2. The van der Waals surface area contributed by atoms with E-state index in [0.29, 0.717) is 18.2 Å². The smallest absolute Gasteiger partial charge is 0.264 e. The second-order valence-electron chi connectivity index (χ2n) is 3.85. The molecule has 2 rings (SSSR count). The Labute approximate surface area is 112 Å². The molecule has 0 aliphatic heterocycles. The van der Waals surface area contributed by atoms with E-state index in [1.807, 2.05) is 4.72 Å². The fourth-order valence-corrected chi connectivity index (χ4v) is 2.60. The van der Waals surface area contributed by atoms with Crippen LogP contribution < -0.4 is 4.72 Å². The van der Waals surface area contributed by atoms with Gasteiger partial charge >= 0.3 is 0 Å². The number of sulfonamides is 1. The van der Waals surface area contributed by atoms with Crippen LogP contribution >= 0.6 is 0 Å². The van der Waals surface area contributed by atoms with E-state index in [9.17, 15) is 21.6 Å². The van der Waals surface area contributed by atoms with E-state index in [1.54, 1.807) is 0 Å². The van der Waals surface area contributed by atoms with Crippen LogP contribution in [0.4, 0.5) is 18.9 Å². The summed E-state index contributed by atoms with van der Waals surface area (Å²) >= 11 is 0. The van der Waals surface area contributed by atoms with Crippen LogP contribution in [-0.2, 0) is 10.0 Å². The maximum absolute atomic E-state index is 13.4. The van der Waals surface area contributed by atoms with Crippen molar-refractivity contribution in [1.82, 2.24) is 0 Å². The zero-order valence-corrected chi connectivity index (χ0v) is 10.6. The van der Waals surface area contributed by atoms with Crippen molar-refractivity contribution < 1.29 is 26.7 Å². The average Bonchev–Trinajstić information content (AvgIpc) is 2.36. The van der Waals surface area contributed by atoms with E-state index >= 15 is 0 Å². The third kappa shape index (κ3) is 2.85. The lowest BCUT2D eigenvalue weighted by atomic mass is 10.3. The standard InChI is InChI=1S/C12H8F3NO3S/c13-7-1-3-9(14)12(5-7)20(18,19)16-8-2-4-11(17)10(15)6-8/h1-6,16-17H. The molecule has 0 amide bonds. The Morgan fingerprint density at radius 1 is 0.950 bits per heavy atom. The first-order valence-corrected chi connectivity index (χ1v) is 6.74. The highest BCUT2D eigenvalue weighted by Gasteiger charge is 2.20. The van der Waals surface area contributed by atoms with Gasteiger partial charge in [-0.1, -0.05) is 0 Å². The SMILES string of the molecule is O=S(=O)(Nc1ccc(O)c(F)c1)c1cc(F)ccc1F. The fourth-order valence-electron chi connectivity index (χ4n) is 1.46. The van der Waals surface area contributed by atoms with Gasteiger partial charge in [-0.05, 0) is 30.3 Å². The second-order valence-corrected chi connectivity index (χ2v) is 5.50. The molecule has 0 radical (unpaired) electrons. The van der Waals surface area contributed by atoms with E-state index in [4.69, 9.17) is 5.11 Å². The Balaban J connectivity index is 2.40. The topological polar surface area (TPSA) is 66.4 Å². The van der Waals surface area contributed by atoms with Gasteiger partial charge in [-0.15, -0.1) is 0 Å². The van der Waals surface area contributed by atoms with Gasteiger partial charge in [0.2, 0.25) is 0 Å². The minimum atomic E-state index is -4.41. The fraction of sp³-hybridized carbons (Fsp3) is 0. The number of phenols is 1. The molecule has 0 saturated carbocycles. The van der Waals surface area contributed by atoms with Crippen molar-refractivity contribution in [3.63, 3.8) is 0 Å². The minimum absolute atomic E-state index is 0.232. The van der Waals surface area contributed by atoms with Crippen LogP contribution in [0.25, 0.3) is 0 Å². The molecule has 106 valence electrons. The van der Waals surface area contributed by atoms with Crippen LogP contribution in [-0.4, -0.2) is 13.5 Å². The molecule has 0 aromatic heterocycles. The van der Waals surface area contributed by atoms with Crippen LogP contribution in [0.5, 0.6) is 5.75 Å². The van der Waals surface area contributed by atoms with Crippen LogP contribution in [0.1, 0.15) is 0 Å². The van der Waals surface area contributed by atoms with Crippen molar-refractivity contribution in [2.75, 3.05) is 4.72 Å². The van der Waals surface area contributed by atoms with E-state index < -0.39 is 38.1 Å². The molecule has 0 aliphatic rings. The zero-order valence-electron chi connectivity index (χ0n) is 9.77. The third-order valence-electron chi connectivity index (χ3n) is 2.38. The van der Waals surface area contributed by atoms with Gasteiger partial charge in [-0.3, -0.25) is 4.72 Å². The number of halogens is 3. The van der Waals surface area contributed by atoms with Crippen molar-refractivity contribution in [3.05, 3.63) is 53.8 Å². The lowest BCUT2D eigenvalue weighted by Crippen LogP contribution is -2.15. The first-order chi connectivity index (χ1) is 9.29. The molecule has 0 aliphatic carbocycles. The summed E-state index contributed by atoms with van der Waals surface area (Å²) < 4.78 is 65.1. The van der Waals surface area contributed by atoms with Gasteiger partial charge in [-0.25, -0.2) is 21.6 Å². The molecule has 8 heteroatoms. The lowest BCUT2D eigenvalue weighted by molar-refractivity contribution is 0.432. The van der Waals surface area contributed by atoms with Crippen molar-refractivity contribution in [1.29, 1.82) is 0 Å². The third-order valence-corrected chi connectivity index (χ3v) is 3.78. The predicted molar refractivity (Wildman–Crippen MR) is 65.2 cm³/mol. The number of anilines is 1. The zero-order chi connectivity index (χ0) is 14.9. The largest absolute Gasteiger partial charge is 0.505 e. The number of aromatic hydroxyl groups is 1. The van der Waals surface area contributed by atoms with E-state index in [1.165, 1.54) is 0 Å². The molecule has 2 aromatic rings. The summed E-state index contributed by atoms with van der Waals surface area (Å²) in [7, 11) is -4.41. The number of rotatable bonds is 3. The first kappa shape index (κ1) is 14.2. The van der Waals surface area contributed by atoms with Crippen molar-refractivity contribution in [2.24, 2.45) is 0 Å². The molecule has 2 N–H and O–H groups in total. The normalized spacial score (nSPS) is 11.3. The number of nitrogens with one attached hydrogen (secondary N) is 1. The minimum Gasteiger partial charge on any atom is -0.505 e. The number of hydrogen-bond acceptors (Lipinski definition) is 3. The molecule has 20 heavy (non-hydrogen) atoms. The van der Waals surface area contributed by atoms with E-state index in [2.05, 4.69) is 0 Å². The average molecular weight is 303 g/mol. The quantitative estimate of drug-likeness (QED) is 0.857. The Hall–Kier alpha value is -2.22. The molecule has 4 nitrogen and oxygen atoms in total. The summed E-state index contributed by atoms with van der Waals surface area (Å²) in [6.07, 6.45) is 0. The van der Waals surface area contributed by atoms with Crippen molar-refractivity contribution in [2.45, 2.75) is 4.90 Å². The molecule has 0 heterocycles. The molecule has 2 aromatic carbocycles. The maximum atomic E-state index is 13.4. The van der Waals surface area contributed by atoms with Gasteiger partial charge in [0.05, 0.1) is 5.69 Å². The summed E-state index contributed by atoms with van der Waals surface area (Å²) in [6.45, 7) is 0. The predicted octanol–water partition coefficient (Wildman–Crippen LogP) is 2.61. The summed E-state index contributed by atoms with van der Waals surface area (Å²) in [5.74, 6) is -3.78. The molecular formula is C12H8F3NO3S. The van der Waals surface area contributed by atoms with E-state index in [-0.39, 0.29) is 5.69 Å². The highest BCUT2D eigenvalue weighted by molar-refractivity contribution is 7.92. The molecule has 0 unspecified atom stereocenters. The van der Waals surface area contributed by atoms with Gasteiger partial charge in [0.1, 0.15) is 16.5 Å².